The van der Waals surface area contributed by atoms with E-state index in [2.05, 4.69) is 23.7 Å². The van der Waals surface area contributed by atoms with E-state index in [-0.39, 0.29) is 4.28 Å². The Balaban J connectivity index is -0.000000239. The maximum Gasteiger partial charge on any atom is 0.217 e. The molecule has 0 fully saturated rings. The lowest BCUT2D eigenvalue weighted by molar-refractivity contribution is 0.316. The van der Waals surface area contributed by atoms with Gasteiger partial charge in [0, 0.05) is 41.7 Å². The molecule has 28 heavy (non-hydrogen) atoms. The number of anilines is 3. The van der Waals surface area contributed by atoms with Gasteiger partial charge in [-0.1, -0.05) is 45.9 Å². The zero-order valence-corrected chi connectivity index (χ0v) is 17.7. The van der Waals surface area contributed by atoms with Crippen molar-refractivity contribution in [1.82, 2.24) is 4.98 Å². The lowest BCUT2D eigenvalue weighted by atomic mass is 10.3. The second-order valence-electron chi connectivity index (χ2n) is 5.69. The Kier molecular flexibility index (Phi) is 15.2. The Morgan fingerprint density at radius 2 is 1.71 bits per heavy atom. The molecule has 0 unspecified atom stereocenters. The lowest BCUT2D eigenvalue weighted by Crippen LogP contribution is -2.25. The molecule has 7 nitrogen and oxygen atoms in total. The molecule has 1 aromatic heterocycles. The number of ether oxygens (including phenoxy) is 1. The zero-order chi connectivity index (χ0) is 21.2. The third-order valence-corrected chi connectivity index (χ3v) is 3.43. The van der Waals surface area contributed by atoms with Crippen molar-refractivity contribution in [1.29, 1.82) is 0 Å². The van der Waals surface area contributed by atoms with Gasteiger partial charge in [-0.15, -0.1) is 0 Å². The summed E-state index contributed by atoms with van der Waals surface area (Å²) < 4.78 is 5.44. The summed E-state index contributed by atoms with van der Waals surface area (Å²) in [5, 5.41) is 8.29. The Hall–Kier alpha value is -2.51. The van der Waals surface area contributed by atoms with Gasteiger partial charge in [0.15, 0.2) is 0 Å². The molecule has 0 amide bonds. The summed E-state index contributed by atoms with van der Waals surface area (Å²) in [5.41, 5.74) is 15.0. The molecule has 0 aliphatic heterocycles. The van der Waals surface area contributed by atoms with Crippen LogP contribution < -0.4 is 26.6 Å². The fourth-order valence-electron chi connectivity index (χ4n) is 2.35. The van der Waals surface area contributed by atoms with E-state index < -0.39 is 0 Å². The van der Waals surface area contributed by atoms with Gasteiger partial charge in [-0.05, 0) is 25.0 Å². The Morgan fingerprint density at radius 3 is 2.18 bits per heavy atom. The van der Waals surface area contributed by atoms with E-state index in [1.165, 1.54) is 0 Å². The van der Waals surface area contributed by atoms with E-state index in [1.54, 1.807) is 12.1 Å². The molecule has 0 aliphatic rings. The third-order valence-electron chi connectivity index (χ3n) is 3.43. The van der Waals surface area contributed by atoms with E-state index in [4.69, 9.17) is 21.4 Å². The first-order valence-corrected chi connectivity index (χ1v) is 9.95. The minimum atomic E-state index is 0. The number of para-hydroxylation sites is 1. The number of hydrogen-bond acceptors (Lipinski definition) is 7. The van der Waals surface area contributed by atoms with Crippen LogP contribution in [0, 0.1) is 0 Å². The first-order chi connectivity index (χ1) is 13.6. The van der Waals surface area contributed by atoms with Gasteiger partial charge in [-0.25, -0.2) is 0 Å². The van der Waals surface area contributed by atoms with Gasteiger partial charge in [0.1, 0.15) is 12.4 Å². The maximum absolute atomic E-state index is 8.29. The standard InChI is InChI=1S/C13H24N4O.C6H7NO.C2H6.3H2/c1-3-6-17(7-4-2)11-9-12(15)16-13(10-11)18-8-5-14;8-7-6-4-2-1-3-5-6;1-2;;;/h9-10H,3-8,14H2,1-2H3,(H2,15,16);1-5,7-8H;1-2H3;3*1H. The summed E-state index contributed by atoms with van der Waals surface area (Å²) in [6.07, 6.45) is 2.20. The van der Waals surface area contributed by atoms with Gasteiger partial charge in [-0.3, -0.25) is 10.7 Å². The lowest BCUT2D eigenvalue weighted by Gasteiger charge is -2.24. The largest absolute Gasteiger partial charge is 0.476 e. The van der Waals surface area contributed by atoms with Crippen LogP contribution in [0.5, 0.6) is 5.88 Å². The van der Waals surface area contributed by atoms with Crippen molar-refractivity contribution in [3.05, 3.63) is 42.5 Å². The minimum Gasteiger partial charge on any atom is -0.476 e. The van der Waals surface area contributed by atoms with Crippen LogP contribution >= 0.6 is 0 Å². The average molecular weight is 398 g/mol. The van der Waals surface area contributed by atoms with Crippen molar-refractivity contribution < 1.29 is 14.2 Å². The summed E-state index contributed by atoms with van der Waals surface area (Å²) in [6, 6.07) is 13.0. The molecule has 0 saturated heterocycles. The molecule has 0 bridgehead atoms. The Labute approximate surface area is 174 Å². The molecule has 2 rings (SSSR count). The van der Waals surface area contributed by atoms with Crippen molar-refractivity contribution in [2.24, 2.45) is 5.73 Å². The summed E-state index contributed by atoms with van der Waals surface area (Å²) in [6.45, 7) is 11.3. The molecule has 0 radical (unpaired) electrons. The molecular formula is C21H43N5O2. The summed E-state index contributed by atoms with van der Waals surface area (Å²) in [4.78, 5) is 6.45. The quantitative estimate of drug-likeness (QED) is 0.446. The van der Waals surface area contributed by atoms with Crippen LogP contribution in [0.1, 0.15) is 44.8 Å². The molecule has 0 atom stereocenters. The predicted molar refractivity (Wildman–Crippen MR) is 126 cm³/mol. The van der Waals surface area contributed by atoms with Gasteiger partial charge in [0.05, 0.1) is 5.69 Å². The Morgan fingerprint density at radius 1 is 1.11 bits per heavy atom. The van der Waals surface area contributed by atoms with E-state index in [0.29, 0.717) is 30.5 Å². The highest BCUT2D eigenvalue weighted by Crippen LogP contribution is 2.22. The number of rotatable bonds is 9. The number of nitrogens with two attached hydrogens (primary N) is 2. The molecule has 6 N–H and O–H groups in total. The number of nitrogens with zero attached hydrogens (tertiary/aromatic N) is 2. The number of pyridine rings is 1. The maximum atomic E-state index is 8.29. The van der Waals surface area contributed by atoms with E-state index >= 15 is 0 Å². The number of benzene rings is 1. The molecule has 2 aromatic rings. The molecule has 1 heterocycles. The SMILES string of the molecule is CC.CCCN(CCC)c1cc(N)nc(OCCN)c1.ONc1ccccc1.[HH].[HH].[HH]. The second kappa shape index (κ2) is 16.6. The molecule has 7 heteroatoms. The van der Waals surface area contributed by atoms with Crippen molar-refractivity contribution in [3.63, 3.8) is 0 Å². The predicted octanol–water partition coefficient (Wildman–Crippen LogP) is 4.88. The van der Waals surface area contributed by atoms with Crippen LogP contribution in [0.25, 0.3) is 0 Å². The molecular weight excluding hydrogens is 354 g/mol. The van der Waals surface area contributed by atoms with Crippen molar-refractivity contribution in [3.8, 4) is 5.88 Å². The monoisotopic (exact) mass is 397 g/mol. The van der Waals surface area contributed by atoms with Crippen LogP contribution in [-0.2, 0) is 0 Å². The van der Waals surface area contributed by atoms with Crippen molar-refractivity contribution in [2.75, 3.05) is 42.4 Å². The van der Waals surface area contributed by atoms with E-state index in [1.807, 2.05) is 49.7 Å². The van der Waals surface area contributed by atoms with Crippen LogP contribution in [0.3, 0.4) is 0 Å². The van der Waals surface area contributed by atoms with Crippen molar-refractivity contribution in [2.45, 2.75) is 40.5 Å². The minimum absolute atomic E-state index is 0. The van der Waals surface area contributed by atoms with Gasteiger partial charge in [-0.2, -0.15) is 4.98 Å². The fourth-order valence-corrected chi connectivity index (χ4v) is 2.35. The van der Waals surface area contributed by atoms with Gasteiger partial charge >= 0.3 is 0 Å². The summed E-state index contributed by atoms with van der Waals surface area (Å²) >= 11 is 0. The smallest absolute Gasteiger partial charge is 0.217 e. The van der Waals surface area contributed by atoms with Crippen molar-refractivity contribution >= 4 is 17.2 Å². The number of hydrogen-bond donors (Lipinski definition) is 4. The van der Waals surface area contributed by atoms with Crippen LogP contribution in [0.15, 0.2) is 42.5 Å². The van der Waals surface area contributed by atoms with Gasteiger partial charge in [0.25, 0.3) is 0 Å². The van der Waals surface area contributed by atoms with Gasteiger partial charge < -0.3 is 21.1 Å². The highest BCUT2D eigenvalue weighted by atomic mass is 16.5. The highest BCUT2D eigenvalue weighted by Gasteiger charge is 2.08. The molecule has 1 aromatic carbocycles. The average Bonchev–Trinajstić information content (AvgIpc) is 2.74. The summed E-state index contributed by atoms with van der Waals surface area (Å²) in [5.74, 6) is 1.03. The number of nitrogens with one attached hydrogen (secondary N) is 1. The first kappa shape index (κ1) is 25.5. The zero-order valence-electron chi connectivity index (χ0n) is 17.7. The van der Waals surface area contributed by atoms with Crippen LogP contribution in [-0.4, -0.2) is 36.4 Å². The first-order valence-electron chi connectivity index (χ1n) is 9.95. The van der Waals surface area contributed by atoms with E-state index in [0.717, 1.165) is 31.6 Å². The second-order valence-corrected chi connectivity index (χ2v) is 5.69. The Bertz CT molecular complexity index is 619. The summed E-state index contributed by atoms with van der Waals surface area (Å²) in [7, 11) is 0. The van der Waals surface area contributed by atoms with Crippen LogP contribution in [0.2, 0.25) is 0 Å². The van der Waals surface area contributed by atoms with Gasteiger partial charge in [0.2, 0.25) is 5.88 Å². The highest BCUT2D eigenvalue weighted by molar-refractivity contribution is 5.55. The van der Waals surface area contributed by atoms with Crippen LogP contribution in [0.4, 0.5) is 17.2 Å². The normalized spacial score (nSPS) is 9.36. The third kappa shape index (κ3) is 10.6. The molecule has 0 aliphatic carbocycles. The topological polar surface area (TPSA) is 110 Å². The number of aromatic nitrogens is 1. The number of nitrogen functional groups attached to an aromatic ring is 1. The van der Waals surface area contributed by atoms with E-state index in [9.17, 15) is 0 Å². The fraction of sp³-hybridized carbons (Fsp3) is 0.476. The molecule has 0 saturated carbocycles. The molecule has 164 valence electrons. The molecule has 0 spiro atoms.